The number of aromatic nitrogens is 1. The Morgan fingerprint density at radius 3 is 2.68 bits per heavy atom. The van der Waals surface area contributed by atoms with E-state index in [1.54, 1.807) is 18.2 Å². The van der Waals surface area contributed by atoms with Crippen molar-refractivity contribution in [2.45, 2.75) is 19.4 Å². The van der Waals surface area contributed by atoms with E-state index in [9.17, 15) is 14.0 Å². The van der Waals surface area contributed by atoms with Gasteiger partial charge in [-0.3, -0.25) is 9.59 Å². The molecule has 6 nitrogen and oxygen atoms in total. The zero-order chi connectivity index (χ0) is 17.8. The Morgan fingerprint density at radius 2 is 1.92 bits per heavy atom. The van der Waals surface area contributed by atoms with E-state index in [2.05, 4.69) is 10.5 Å². The minimum atomic E-state index is -1.00. The third kappa shape index (κ3) is 4.00. The number of para-hydroxylation sites is 1. The monoisotopic (exact) mass is 342 g/mol. The number of carbonyl (C=O) groups excluding carboxylic acids is 2. The van der Waals surface area contributed by atoms with Gasteiger partial charge in [0, 0.05) is 11.1 Å². The van der Waals surface area contributed by atoms with E-state index in [1.807, 2.05) is 6.07 Å². The minimum absolute atomic E-state index is 0.106. The smallest absolute Gasteiger partial charge is 0.312 e. The Kier molecular flexibility index (Phi) is 4.74. The summed E-state index contributed by atoms with van der Waals surface area (Å²) in [5, 5.41) is 7.12. The second kappa shape index (κ2) is 7.12. The Bertz CT molecular complexity index is 905. The van der Waals surface area contributed by atoms with Crippen LogP contribution < -0.4 is 5.32 Å². The molecule has 2 aromatic carbocycles. The van der Waals surface area contributed by atoms with Crippen LogP contribution in [0.2, 0.25) is 0 Å². The molecule has 25 heavy (non-hydrogen) atoms. The van der Waals surface area contributed by atoms with E-state index in [-0.39, 0.29) is 6.42 Å². The maximum Gasteiger partial charge on any atom is 0.312 e. The van der Waals surface area contributed by atoms with Crippen molar-refractivity contribution in [1.29, 1.82) is 0 Å². The number of halogens is 1. The lowest BCUT2D eigenvalue weighted by molar-refractivity contribution is -0.152. The van der Waals surface area contributed by atoms with Gasteiger partial charge in [0.1, 0.15) is 11.5 Å². The van der Waals surface area contributed by atoms with Gasteiger partial charge in [0.25, 0.3) is 5.91 Å². The fourth-order valence-electron chi connectivity index (χ4n) is 2.27. The number of carbonyl (C=O) groups is 2. The molecule has 0 unspecified atom stereocenters. The fraction of sp³-hybridized carbons (Fsp3) is 0.167. The van der Waals surface area contributed by atoms with Gasteiger partial charge in [-0.15, -0.1) is 0 Å². The van der Waals surface area contributed by atoms with E-state index < -0.39 is 23.8 Å². The molecule has 1 amide bonds. The first kappa shape index (κ1) is 16.6. The number of amides is 1. The largest absolute Gasteiger partial charge is 0.452 e. The molecule has 0 saturated carbocycles. The zero-order valence-electron chi connectivity index (χ0n) is 13.4. The molecule has 0 radical (unpaired) electrons. The van der Waals surface area contributed by atoms with Gasteiger partial charge in [-0.2, -0.15) is 0 Å². The summed E-state index contributed by atoms with van der Waals surface area (Å²) in [5.74, 6) is -1.51. The summed E-state index contributed by atoms with van der Waals surface area (Å²) in [5.41, 5.74) is 1.44. The summed E-state index contributed by atoms with van der Waals surface area (Å²) in [4.78, 5) is 24.1. The topological polar surface area (TPSA) is 81.4 Å². The van der Waals surface area contributed by atoms with E-state index in [4.69, 9.17) is 9.26 Å². The van der Waals surface area contributed by atoms with Crippen LogP contribution >= 0.6 is 0 Å². The van der Waals surface area contributed by atoms with Crippen molar-refractivity contribution in [3.63, 3.8) is 0 Å². The van der Waals surface area contributed by atoms with Crippen molar-refractivity contribution in [2.24, 2.45) is 0 Å². The van der Waals surface area contributed by atoms with Gasteiger partial charge in [0.05, 0.1) is 6.42 Å². The summed E-state index contributed by atoms with van der Waals surface area (Å²) >= 11 is 0. The molecule has 128 valence electrons. The average Bonchev–Trinajstić information content (AvgIpc) is 3.00. The van der Waals surface area contributed by atoms with E-state index >= 15 is 0 Å². The predicted octanol–water partition coefficient (Wildman–Crippen LogP) is 3.08. The number of nitrogens with one attached hydrogen (secondary N) is 1. The van der Waals surface area contributed by atoms with Crippen LogP contribution in [0, 0.1) is 5.82 Å². The predicted molar refractivity (Wildman–Crippen MR) is 88.3 cm³/mol. The number of hydrogen-bond acceptors (Lipinski definition) is 5. The van der Waals surface area contributed by atoms with Crippen LogP contribution in [0.1, 0.15) is 12.6 Å². The molecule has 0 aliphatic heterocycles. The Labute approximate surface area is 142 Å². The Hall–Kier alpha value is -3.22. The molecular weight excluding hydrogens is 327 g/mol. The number of nitrogens with zero attached hydrogens (tertiary/aromatic N) is 1. The number of anilines is 1. The maximum absolute atomic E-state index is 12.9. The van der Waals surface area contributed by atoms with Crippen LogP contribution in [0.15, 0.2) is 53.1 Å². The first-order valence-corrected chi connectivity index (χ1v) is 7.62. The number of ether oxygens (including phenoxy) is 1. The third-order valence-electron chi connectivity index (χ3n) is 3.55. The number of esters is 1. The second-order valence-corrected chi connectivity index (χ2v) is 5.43. The molecular formula is C18H15FN2O4. The normalized spacial score (nSPS) is 11.9. The van der Waals surface area contributed by atoms with Crippen LogP contribution in [0.3, 0.4) is 0 Å². The quantitative estimate of drug-likeness (QED) is 0.721. The molecule has 1 aromatic heterocycles. The number of hydrogen-bond donors (Lipinski definition) is 1. The van der Waals surface area contributed by atoms with Crippen LogP contribution in [-0.2, 0) is 20.7 Å². The van der Waals surface area contributed by atoms with Gasteiger partial charge in [-0.25, -0.2) is 4.39 Å². The average molecular weight is 342 g/mol. The van der Waals surface area contributed by atoms with Crippen molar-refractivity contribution in [1.82, 2.24) is 5.16 Å². The first-order valence-electron chi connectivity index (χ1n) is 7.62. The first-order chi connectivity index (χ1) is 12.0. The van der Waals surface area contributed by atoms with Gasteiger partial charge < -0.3 is 14.6 Å². The molecule has 0 bridgehead atoms. The second-order valence-electron chi connectivity index (χ2n) is 5.43. The summed E-state index contributed by atoms with van der Waals surface area (Å²) in [6, 6.07) is 12.4. The standard InChI is InChI=1S/C18H15FN2O4/c1-11(18(23)20-13-8-6-12(19)7-9-13)24-17(22)10-15-14-4-2-3-5-16(14)25-21-15/h2-9,11H,10H2,1H3,(H,20,23)/t11-/m1/s1. The number of benzene rings is 2. The molecule has 1 N–H and O–H groups in total. The van der Waals surface area contributed by atoms with Gasteiger partial charge in [-0.1, -0.05) is 17.3 Å². The molecule has 0 aliphatic carbocycles. The molecule has 0 spiro atoms. The highest BCUT2D eigenvalue weighted by atomic mass is 19.1. The molecule has 0 fully saturated rings. The van der Waals surface area contributed by atoms with Gasteiger partial charge in [0.15, 0.2) is 11.7 Å². The van der Waals surface area contributed by atoms with Crippen molar-refractivity contribution in [3.8, 4) is 0 Å². The highest BCUT2D eigenvalue weighted by molar-refractivity contribution is 5.95. The lowest BCUT2D eigenvalue weighted by Gasteiger charge is -2.13. The van der Waals surface area contributed by atoms with Crippen LogP contribution in [0.25, 0.3) is 11.0 Å². The van der Waals surface area contributed by atoms with Crippen molar-refractivity contribution < 1.29 is 23.2 Å². The van der Waals surface area contributed by atoms with Gasteiger partial charge >= 0.3 is 5.97 Å². The van der Waals surface area contributed by atoms with Crippen LogP contribution in [0.4, 0.5) is 10.1 Å². The summed E-state index contributed by atoms with van der Waals surface area (Å²) in [6.07, 6.45) is -1.11. The van der Waals surface area contributed by atoms with Gasteiger partial charge in [-0.05, 0) is 43.3 Å². The number of rotatable bonds is 5. The molecule has 1 atom stereocenters. The molecule has 1 heterocycles. The summed E-state index contributed by atoms with van der Waals surface area (Å²) in [6.45, 7) is 1.46. The molecule has 7 heteroatoms. The summed E-state index contributed by atoms with van der Waals surface area (Å²) in [7, 11) is 0. The summed E-state index contributed by atoms with van der Waals surface area (Å²) < 4.78 is 23.1. The molecule has 0 aliphatic rings. The van der Waals surface area contributed by atoms with Crippen LogP contribution in [0.5, 0.6) is 0 Å². The van der Waals surface area contributed by atoms with E-state index in [1.165, 1.54) is 31.2 Å². The fourth-order valence-corrected chi connectivity index (χ4v) is 2.27. The van der Waals surface area contributed by atoms with Gasteiger partial charge in [0.2, 0.25) is 0 Å². The SMILES string of the molecule is C[C@@H](OC(=O)Cc1noc2ccccc12)C(=O)Nc1ccc(F)cc1. The molecule has 0 saturated heterocycles. The van der Waals surface area contributed by atoms with Crippen LogP contribution in [-0.4, -0.2) is 23.1 Å². The third-order valence-corrected chi connectivity index (χ3v) is 3.55. The zero-order valence-corrected chi connectivity index (χ0v) is 13.4. The van der Waals surface area contributed by atoms with E-state index in [0.717, 1.165) is 5.39 Å². The molecule has 3 rings (SSSR count). The maximum atomic E-state index is 12.9. The lowest BCUT2D eigenvalue weighted by Crippen LogP contribution is -2.30. The van der Waals surface area contributed by atoms with E-state index in [0.29, 0.717) is 17.0 Å². The van der Waals surface area contributed by atoms with Crippen molar-refractivity contribution in [2.75, 3.05) is 5.32 Å². The van der Waals surface area contributed by atoms with Crippen molar-refractivity contribution in [3.05, 3.63) is 60.0 Å². The Balaban J connectivity index is 1.58. The lowest BCUT2D eigenvalue weighted by atomic mass is 10.2. The highest BCUT2D eigenvalue weighted by Gasteiger charge is 2.20. The Morgan fingerprint density at radius 1 is 1.20 bits per heavy atom. The number of fused-ring (bicyclic) bond motifs is 1. The highest BCUT2D eigenvalue weighted by Crippen LogP contribution is 2.18. The molecule has 3 aromatic rings. The minimum Gasteiger partial charge on any atom is -0.452 e. The van der Waals surface area contributed by atoms with Crippen molar-refractivity contribution >= 4 is 28.5 Å².